The summed E-state index contributed by atoms with van der Waals surface area (Å²) >= 11 is 0. The molecule has 0 aromatic heterocycles. The Morgan fingerprint density at radius 3 is 2.26 bits per heavy atom. The third-order valence-corrected chi connectivity index (χ3v) is 8.15. The van der Waals surface area contributed by atoms with Crippen LogP contribution in [0.15, 0.2) is 24.3 Å². The van der Waals surface area contributed by atoms with E-state index in [1.165, 1.54) is 25.7 Å². The van der Waals surface area contributed by atoms with Gasteiger partial charge in [-0.25, -0.2) is 0 Å². The molecule has 0 saturated heterocycles. The predicted octanol–water partition coefficient (Wildman–Crippen LogP) is 5.12. The fourth-order valence-electron chi connectivity index (χ4n) is 6.29. The van der Waals surface area contributed by atoms with Crippen molar-refractivity contribution in [2.45, 2.75) is 51.4 Å². The van der Waals surface area contributed by atoms with Crippen molar-refractivity contribution in [2.75, 3.05) is 0 Å². The molecule has 19 heavy (non-hydrogen) atoms. The van der Waals surface area contributed by atoms with Gasteiger partial charge >= 0.3 is 0 Å². The van der Waals surface area contributed by atoms with Crippen LogP contribution in [0.5, 0.6) is 0 Å². The van der Waals surface area contributed by atoms with Gasteiger partial charge in [-0.3, -0.25) is 0 Å². The van der Waals surface area contributed by atoms with E-state index in [4.69, 9.17) is 0 Å². The topological polar surface area (TPSA) is 0 Å². The summed E-state index contributed by atoms with van der Waals surface area (Å²) in [6, 6.07) is 1.59. The maximum atomic E-state index is 2.65. The monoisotopic (exact) mass is 272 g/mol. The van der Waals surface area contributed by atoms with Gasteiger partial charge in [0.2, 0.25) is 0 Å². The summed E-state index contributed by atoms with van der Waals surface area (Å²) in [5.74, 6) is 5.14. The molecule has 0 nitrogen and oxygen atoms in total. The maximum Gasteiger partial charge on any atom is 0.0448 e. The molecule has 5 unspecified atom stereocenters. The van der Waals surface area contributed by atoms with E-state index in [0.29, 0.717) is 0 Å². The summed E-state index contributed by atoms with van der Waals surface area (Å²) in [6.07, 6.45) is 15.8. The molecule has 104 valence electrons. The zero-order valence-corrected chi connectivity index (χ0v) is 13.7. The zero-order chi connectivity index (χ0) is 13.3. The summed E-state index contributed by atoms with van der Waals surface area (Å²) in [6.45, 7) is 7.75. The predicted molar refractivity (Wildman–Crippen MR) is 84.8 cm³/mol. The third-order valence-electron chi connectivity index (χ3n) is 6.47. The van der Waals surface area contributed by atoms with Gasteiger partial charge in [0.25, 0.3) is 0 Å². The molecule has 4 aliphatic carbocycles. The Labute approximate surface area is 119 Å². The molecule has 4 aliphatic rings. The lowest BCUT2D eigenvalue weighted by Crippen LogP contribution is -2.29. The number of allylic oxidation sites excluding steroid dienone is 4. The summed E-state index contributed by atoms with van der Waals surface area (Å²) < 4.78 is 0. The Hall–Kier alpha value is -0.303. The lowest BCUT2D eigenvalue weighted by molar-refractivity contribution is 0.242. The highest BCUT2D eigenvalue weighted by atomic mass is 28.3. The molecule has 1 heteroatoms. The van der Waals surface area contributed by atoms with Crippen molar-refractivity contribution < 1.29 is 0 Å². The standard InChI is InChI=1S/C18H28Si/c1-19(2,3)12-18-15-10-11-16(18)17(18)14-9-7-5-4-6-8-13(14)15/h4-5,10-11,13-17H,6-9,12H2,1-3H3/b5-4-/t13?,14?,15?,16?,17?,18-/m0/s1. The van der Waals surface area contributed by atoms with Crippen LogP contribution in [0.1, 0.15) is 25.7 Å². The van der Waals surface area contributed by atoms with Crippen LogP contribution >= 0.6 is 0 Å². The minimum Gasteiger partial charge on any atom is -0.0885 e. The Balaban J connectivity index is 1.65. The quantitative estimate of drug-likeness (QED) is 0.483. The van der Waals surface area contributed by atoms with E-state index >= 15 is 0 Å². The second kappa shape index (κ2) is 3.87. The summed E-state index contributed by atoms with van der Waals surface area (Å²) in [4.78, 5) is 0. The second-order valence-corrected chi connectivity index (χ2v) is 14.2. The van der Waals surface area contributed by atoms with Crippen molar-refractivity contribution in [2.24, 2.45) is 35.0 Å². The van der Waals surface area contributed by atoms with Crippen molar-refractivity contribution >= 4 is 8.07 Å². The lowest BCUT2D eigenvalue weighted by atomic mass is 9.77. The van der Waals surface area contributed by atoms with Gasteiger partial charge in [0, 0.05) is 8.07 Å². The van der Waals surface area contributed by atoms with Crippen LogP contribution in [0.3, 0.4) is 0 Å². The molecule has 0 bridgehead atoms. The molecule has 0 aromatic rings. The molecular weight excluding hydrogens is 244 g/mol. The number of hydrogen-bond donors (Lipinski definition) is 0. The molecule has 0 amide bonds. The van der Waals surface area contributed by atoms with E-state index in [1.807, 2.05) is 0 Å². The molecule has 0 aromatic carbocycles. The van der Waals surface area contributed by atoms with E-state index < -0.39 is 8.07 Å². The molecule has 6 atom stereocenters. The van der Waals surface area contributed by atoms with Gasteiger partial charge in [-0.05, 0) is 60.7 Å². The molecule has 0 spiro atoms. The Kier molecular flexibility index (Phi) is 2.53. The smallest absolute Gasteiger partial charge is 0.0448 e. The second-order valence-electron chi connectivity index (χ2n) is 8.77. The van der Waals surface area contributed by atoms with Gasteiger partial charge in [-0.15, -0.1) is 0 Å². The zero-order valence-electron chi connectivity index (χ0n) is 12.7. The molecule has 0 aliphatic heterocycles. The summed E-state index contributed by atoms with van der Waals surface area (Å²) in [5, 5.41) is 0. The fourth-order valence-corrected chi connectivity index (χ4v) is 8.84. The SMILES string of the molecule is C[Si](C)(C)C[C@]12C3C=CC1C2C1CC/C=C\CCC13. The first-order valence-corrected chi connectivity index (χ1v) is 12.1. The Morgan fingerprint density at radius 2 is 1.58 bits per heavy atom. The summed E-state index contributed by atoms with van der Waals surface area (Å²) in [7, 11) is -0.942. The van der Waals surface area contributed by atoms with Crippen molar-refractivity contribution in [1.29, 1.82) is 0 Å². The van der Waals surface area contributed by atoms with E-state index in [-0.39, 0.29) is 0 Å². The molecule has 0 radical (unpaired) electrons. The Morgan fingerprint density at radius 1 is 0.947 bits per heavy atom. The number of fused-ring (bicyclic) bond motifs is 4. The van der Waals surface area contributed by atoms with E-state index in [1.54, 1.807) is 6.04 Å². The third kappa shape index (κ3) is 1.63. The Bertz CT molecular complexity index is 441. The molecule has 2 saturated carbocycles. The van der Waals surface area contributed by atoms with Gasteiger partial charge in [0.05, 0.1) is 0 Å². The van der Waals surface area contributed by atoms with Gasteiger partial charge in [-0.2, -0.15) is 0 Å². The number of hydrogen-bond acceptors (Lipinski definition) is 0. The first-order valence-electron chi connectivity index (χ1n) is 8.37. The summed E-state index contributed by atoms with van der Waals surface area (Å²) in [5.41, 5.74) is 0.768. The molecule has 2 fully saturated rings. The van der Waals surface area contributed by atoms with Crippen molar-refractivity contribution in [1.82, 2.24) is 0 Å². The average Bonchev–Trinajstić information content (AvgIpc) is 2.68. The highest BCUT2D eigenvalue weighted by Gasteiger charge is 2.77. The minimum atomic E-state index is -0.942. The van der Waals surface area contributed by atoms with Crippen LogP contribution in [0.25, 0.3) is 0 Å². The first-order chi connectivity index (χ1) is 9.04. The minimum absolute atomic E-state index is 0.768. The van der Waals surface area contributed by atoms with Gasteiger partial charge in [-0.1, -0.05) is 50.0 Å². The highest BCUT2D eigenvalue weighted by molar-refractivity contribution is 6.76. The highest BCUT2D eigenvalue weighted by Crippen LogP contribution is 2.82. The van der Waals surface area contributed by atoms with Crippen molar-refractivity contribution in [3.05, 3.63) is 24.3 Å². The first kappa shape index (κ1) is 12.4. The van der Waals surface area contributed by atoms with Gasteiger partial charge in [0.15, 0.2) is 0 Å². The van der Waals surface area contributed by atoms with Crippen LogP contribution in [0.4, 0.5) is 0 Å². The maximum absolute atomic E-state index is 2.65. The van der Waals surface area contributed by atoms with E-state index in [9.17, 15) is 0 Å². The van der Waals surface area contributed by atoms with Crippen LogP contribution in [-0.2, 0) is 0 Å². The van der Waals surface area contributed by atoms with Crippen LogP contribution in [0, 0.1) is 35.0 Å². The number of rotatable bonds is 2. The lowest BCUT2D eigenvalue weighted by Gasteiger charge is -2.31. The van der Waals surface area contributed by atoms with Crippen molar-refractivity contribution in [3.8, 4) is 0 Å². The normalized spacial score (nSPS) is 52.3. The van der Waals surface area contributed by atoms with Crippen LogP contribution < -0.4 is 0 Å². The van der Waals surface area contributed by atoms with Crippen LogP contribution in [0.2, 0.25) is 25.7 Å². The van der Waals surface area contributed by atoms with Crippen LogP contribution in [-0.4, -0.2) is 8.07 Å². The van der Waals surface area contributed by atoms with E-state index in [2.05, 4.69) is 43.9 Å². The van der Waals surface area contributed by atoms with Gasteiger partial charge < -0.3 is 0 Å². The molecule has 4 rings (SSSR count). The van der Waals surface area contributed by atoms with Crippen molar-refractivity contribution in [3.63, 3.8) is 0 Å². The molecule has 0 N–H and O–H groups in total. The largest absolute Gasteiger partial charge is 0.0885 e. The molecule has 0 heterocycles. The molecular formula is C18H28Si. The average molecular weight is 273 g/mol. The van der Waals surface area contributed by atoms with Gasteiger partial charge in [0.1, 0.15) is 0 Å². The van der Waals surface area contributed by atoms with E-state index in [0.717, 1.165) is 35.0 Å². The fraction of sp³-hybridized carbons (Fsp3) is 0.778.